The highest BCUT2D eigenvalue weighted by molar-refractivity contribution is 9.10. The van der Waals surface area contributed by atoms with Crippen LogP contribution >= 0.6 is 15.9 Å². The number of ketones is 2. The largest absolute Gasteiger partial charge is 0.379 e. The lowest BCUT2D eigenvalue weighted by Crippen LogP contribution is -2.37. The molecule has 0 aromatic heterocycles. The number of rotatable bonds is 4. The van der Waals surface area contributed by atoms with Crippen LogP contribution in [0.3, 0.4) is 0 Å². The number of nitrogens with zero attached hydrogens (tertiary/aromatic N) is 1. The van der Waals surface area contributed by atoms with E-state index in [1.807, 2.05) is 11.9 Å². The molecule has 0 saturated carbocycles. The Labute approximate surface area is 207 Å². The van der Waals surface area contributed by atoms with Gasteiger partial charge in [0.05, 0.1) is 0 Å². The monoisotopic (exact) mass is 541 g/mol. The first-order chi connectivity index (χ1) is 16.3. The molecule has 0 spiro atoms. The standard InChI is InChI=1S/C26H24BrNO5S/c1-28-19-9-5-11-21(29)25(19)24(26-20(28)10-6-12-22(26)30)18-15-16(27)13-14-23(18)33-34(31,32)17-7-3-2-4-8-17/h2-4,7-8,13-15,24H,5-6,9-12H2,1H3. The maximum atomic E-state index is 13.3. The molecule has 0 unspecified atom stereocenters. The number of halogens is 1. The summed E-state index contributed by atoms with van der Waals surface area (Å²) in [5.74, 6) is -0.531. The summed E-state index contributed by atoms with van der Waals surface area (Å²) in [6, 6.07) is 13.0. The van der Waals surface area contributed by atoms with Crippen LogP contribution in [0, 0.1) is 0 Å². The van der Waals surface area contributed by atoms with Gasteiger partial charge in [-0.3, -0.25) is 9.59 Å². The average molecular weight is 542 g/mol. The lowest BCUT2D eigenvalue weighted by atomic mass is 9.71. The molecule has 0 saturated heterocycles. The van der Waals surface area contributed by atoms with E-state index >= 15 is 0 Å². The third-order valence-electron chi connectivity index (χ3n) is 6.76. The van der Waals surface area contributed by atoms with Gasteiger partial charge in [0.15, 0.2) is 11.6 Å². The van der Waals surface area contributed by atoms with Gasteiger partial charge in [-0.15, -0.1) is 0 Å². The fraction of sp³-hybridized carbons (Fsp3) is 0.308. The Kier molecular flexibility index (Phi) is 5.98. The Hall–Kier alpha value is -2.71. The molecule has 5 rings (SSSR count). The minimum absolute atomic E-state index is 0.000125. The van der Waals surface area contributed by atoms with Gasteiger partial charge < -0.3 is 9.08 Å². The average Bonchev–Trinajstić information content (AvgIpc) is 2.82. The van der Waals surface area contributed by atoms with Crippen LogP contribution in [0.1, 0.15) is 50.0 Å². The summed E-state index contributed by atoms with van der Waals surface area (Å²) < 4.78 is 32.5. The lowest BCUT2D eigenvalue weighted by molar-refractivity contribution is -0.117. The van der Waals surface area contributed by atoms with E-state index in [9.17, 15) is 18.0 Å². The summed E-state index contributed by atoms with van der Waals surface area (Å²) in [5, 5.41) is 0. The summed E-state index contributed by atoms with van der Waals surface area (Å²) >= 11 is 3.49. The van der Waals surface area contributed by atoms with Crippen LogP contribution in [0.15, 0.2) is 80.4 Å². The summed E-state index contributed by atoms with van der Waals surface area (Å²) in [4.78, 5) is 28.6. The van der Waals surface area contributed by atoms with Gasteiger partial charge in [0, 0.05) is 58.4 Å². The first kappa shape index (κ1) is 23.1. The Bertz CT molecular complexity index is 1320. The van der Waals surface area contributed by atoms with E-state index < -0.39 is 16.0 Å². The predicted octanol–water partition coefficient (Wildman–Crippen LogP) is 5.26. The number of benzene rings is 2. The van der Waals surface area contributed by atoms with Gasteiger partial charge in [0.1, 0.15) is 10.6 Å². The zero-order chi connectivity index (χ0) is 24.0. The van der Waals surface area contributed by atoms with E-state index in [0.717, 1.165) is 37.1 Å². The van der Waals surface area contributed by atoms with Gasteiger partial charge in [0.25, 0.3) is 0 Å². The van der Waals surface area contributed by atoms with E-state index in [2.05, 4.69) is 15.9 Å². The SMILES string of the molecule is CN1C2=C(C(=O)CCC2)C(c2cc(Br)ccc2OS(=O)(=O)c2ccccc2)C2=C1CCCC2=O. The highest BCUT2D eigenvalue weighted by atomic mass is 79.9. The Morgan fingerprint density at radius 1 is 0.882 bits per heavy atom. The molecule has 0 amide bonds. The highest BCUT2D eigenvalue weighted by Crippen LogP contribution is 2.50. The summed E-state index contributed by atoms with van der Waals surface area (Å²) in [5.41, 5.74) is 3.52. The van der Waals surface area contributed by atoms with Gasteiger partial charge >= 0.3 is 10.1 Å². The van der Waals surface area contributed by atoms with Crippen molar-refractivity contribution in [2.24, 2.45) is 0 Å². The van der Waals surface area contributed by atoms with E-state index in [1.165, 1.54) is 12.1 Å². The molecule has 0 fully saturated rings. The number of Topliss-reactive ketones (excluding diaryl/α,β-unsaturated/α-hetero) is 2. The zero-order valence-electron chi connectivity index (χ0n) is 18.7. The van der Waals surface area contributed by atoms with Crippen molar-refractivity contribution >= 4 is 37.6 Å². The van der Waals surface area contributed by atoms with Crippen molar-refractivity contribution < 1.29 is 22.2 Å². The van der Waals surface area contributed by atoms with Crippen molar-refractivity contribution in [3.8, 4) is 5.75 Å². The second kappa shape index (κ2) is 8.82. The molecule has 0 bridgehead atoms. The first-order valence-corrected chi connectivity index (χ1v) is 13.5. The molecule has 8 heteroatoms. The quantitative estimate of drug-likeness (QED) is 0.491. The molecule has 2 aromatic carbocycles. The van der Waals surface area contributed by atoms with Gasteiger partial charge in [-0.2, -0.15) is 8.42 Å². The Morgan fingerprint density at radius 2 is 1.47 bits per heavy atom. The summed E-state index contributed by atoms with van der Waals surface area (Å²) in [7, 11) is -2.18. The normalized spacial score (nSPS) is 19.3. The molecule has 176 valence electrons. The molecule has 34 heavy (non-hydrogen) atoms. The summed E-state index contributed by atoms with van der Waals surface area (Å²) in [6.45, 7) is 0. The topological polar surface area (TPSA) is 80.8 Å². The molecule has 0 radical (unpaired) electrons. The highest BCUT2D eigenvalue weighted by Gasteiger charge is 2.43. The van der Waals surface area contributed by atoms with Gasteiger partial charge in [-0.1, -0.05) is 34.1 Å². The number of carbonyl (C=O) groups excluding carboxylic acids is 2. The van der Waals surface area contributed by atoms with Crippen LogP contribution in [0.2, 0.25) is 0 Å². The van der Waals surface area contributed by atoms with Crippen molar-refractivity contribution in [1.29, 1.82) is 0 Å². The van der Waals surface area contributed by atoms with E-state index in [0.29, 0.717) is 34.0 Å². The minimum Gasteiger partial charge on any atom is -0.379 e. The second-order valence-corrected chi connectivity index (χ2v) is 11.3. The van der Waals surface area contributed by atoms with Crippen LogP contribution in [0.4, 0.5) is 0 Å². The van der Waals surface area contributed by atoms with Crippen molar-refractivity contribution in [2.45, 2.75) is 49.3 Å². The number of carbonyl (C=O) groups is 2. The lowest BCUT2D eigenvalue weighted by Gasteiger charge is -2.42. The van der Waals surface area contributed by atoms with Crippen molar-refractivity contribution in [2.75, 3.05) is 7.05 Å². The molecular weight excluding hydrogens is 518 g/mol. The molecule has 0 N–H and O–H groups in total. The van der Waals surface area contributed by atoms with E-state index in [1.54, 1.807) is 36.4 Å². The number of allylic oxidation sites excluding steroid dienone is 4. The van der Waals surface area contributed by atoms with Crippen LogP contribution in [0.25, 0.3) is 0 Å². The molecule has 3 aliphatic rings. The first-order valence-electron chi connectivity index (χ1n) is 11.3. The fourth-order valence-electron chi connectivity index (χ4n) is 5.24. The minimum atomic E-state index is -4.11. The maximum Gasteiger partial charge on any atom is 0.339 e. The molecule has 1 heterocycles. The molecule has 1 aliphatic heterocycles. The van der Waals surface area contributed by atoms with Gasteiger partial charge in [-0.25, -0.2) is 0 Å². The zero-order valence-corrected chi connectivity index (χ0v) is 21.1. The van der Waals surface area contributed by atoms with Crippen LogP contribution < -0.4 is 4.18 Å². The van der Waals surface area contributed by atoms with Gasteiger partial charge in [-0.05, 0) is 56.0 Å². The second-order valence-electron chi connectivity index (χ2n) is 8.80. The van der Waals surface area contributed by atoms with Crippen LogP contribution in [-0.4, -0.2) is 31.9 Å². The number of hydrogen-bond donors (Lipinski definition) is 0. The fourth-order valence-corrected chi connectivity index (χ4v) is 6.59. The maximum absolute atomic E-state index is 13.3. The van der Waals surface area contributed by atoms with Crippen molar-refractivity contribution in [3.63, 3.8) is 0 Å². The molecule has 2 aliphatic carbocycles. The van der Waals surface area contributed by atoms with Crippen molar-refractivity contribution in [3.05, 3.63) is 81.1 Å². The van der Waals surface area contributed by atoms with Gasteiger partial charge in [0.2, 0.25) is 0 Å². The third kappa shape index (κ3) is 3.92. The molecular formula is C26H24BrNO5S. The Morgan fingerprint density at radius 3 is 2.06 bits per heavy atom. The van der Waals surface area contributed by atoms with Crippen LogP contribution in [0.5, 0.6) is 5.75 Å². The molecule has 6 nitrogen and oxygen atoms in total. The van der Waals surface area contributed by atoms with E-state index in [4.69, 9.17) is 4.18 Å². The smallest absolute Gasteiger partial charge is 0.339 e. The number of hydrogen-bond acceptors (Lipinski definition) is 6. The summed E-state index contributed by atoms with van der Waals surface area (Å²) in [6.07, 6.45) is 3.82. The molecule has 0 atom stereocenters. The van der Waals surface area contributed by atoms with Crippen molar-refractivity contribution in [1.82, 2.24) is 4.90 Å². The third-order valence-corrected chi connectivity index (χ3v) is 8.50. The Balaban J connectivity index is 1.71. The van der Waals surface area contributed by atoms with Crippen LogP contribution in [-0.2, 0) is 19.7 Å². The van der Waals surface area contributed by atoms with E-state index in [-0.39, 0.29) is 22.2 Å². The molecule has 2 aromatic rings. The predicted molar refractivity (Wildman–Crippen MR) is 131 cm³/mol.